The Labute approximate surface area is 174 Å². The van der Waals surface area contributed by atoms with Crippen LogP contribution >= 0.6 is 0 Å². The molecule has 1 atom stereocenters. The van der Waals surface area contributed by atoms with E-state index >= 15 is 0 Å². The predicted octanol–water partition coefficient (Wildman–Crippen LogP) is 2.48. The summed E-state index contributed by atoms with van der Waals surface area (Å²) in [6, 6.07) is 10.2. The summed E-state index contributed by atoms with van der Waals surface area (Å²) in [4.78, 5) is 39.2. The predicted molar refractivity (Wildman–Crippen MR) is 107 cm³/mol. The maximum atomic E-state index is 13.1. The molecule has 2 aliphatic heterocycles. The highest BCUT2D eigenvalue weighted by Gasteiger charge is 2.36. The second kappa shape index (κ2) is 7.68. The first-order valence-corrected chi connectivity index (χ1v) is 11.3. The molecule has 0 radical (unpaired) electrons. The van der Waals surface area contributed by atoms with Crippen LogP contribution in [0.1, 0.15) is 46.0 Å². The summed E-state index contributed by atoms with van der Waals surface area (Å²) in [6.07, 6.45) is 1.30. The van der Waals surface area contributed by atoms with E-state index in [9.17, 15) is 22.8 Å². The number of sulfone groups is 1. The van der Waals surface area contributed by atoms with Crippen molar-refractivity contribution in [2.75, 3.05) is 19.7 Å². The number of benzene rings is 2. The van der Waals surface area contributed by atoms with Gasteiger partial charge in [-0.2, -0.15) is 0 Å². The van der Waals surface area contributed by atoms with Crippen molar-refractivity contribution in [2.24, 2.45) is 5.92 Å². The molecule has 0 unspecified atom stereocenters. The molecule has 0 aromatic heterocycles. The summed E-state index contributed by atoms with van der Waals surface area (Å²) >= 11 is 0. The quantitative estimate of drug-likeness (QED) is 0.596. The smallest absolute Gasteiger partial charge is 0.310 e. The highest BCUT2D eigenvalue weighted by molar-refractivity contribution is 7.91. The molecule has 0 aliphatic carbocycles. The molecule has 30 heavy (non-hydrogen) atoms. The number of amides is 1. The van der Waals surface area contributed by atoms with E-state index in [4.69, 9.17) is 4.74 Å². The van der Waals surface area contributed by atoms with Gasteiger partial charge in [0.15, 0.2) is 5.78 Å². The van der Waals surface area contributed by atoms with E-state index in [1.165, 1.54) is 35.2 Å². The zero-order chi connectivity index (χ0) is 21.5. The summed E-state index contributed by atoms with van der Waals surface area (Å²) < 4.78 is 31.2. The topological polar surface area (TPSA) is 97.8 Å². The lowest BCUT2D eigenvalue weighted by molar-refractivity contribution is -0.149. The number of hydrogen-bond donors (Lipinski definition) is 0. The highest BCUT2D eigenvalue weighted by atomic mass is 32.2. The minimum atomic E-state index is -3.92. The van der Waals surface area contributed by atoms with E-state index in [1.54, 1.807) is 19.1 Å². The Balaban J connectivity index is 1.66. The Morgan fingerprint density at radius 3 is 2.60 bits per heavy atom. The molecule has 0 saturated carbocycles. The van der Waals surface area contributed by atoms with Gasteiger partial charge in [-0.25, -0.2) is 8.42 Å². The highest BCUT2D eigenvalue weighted by Crippen LogP contribution is 2.35. The first-order valence-electron chi connectivity index (χ1n) is 9.83. The number of ketones is 1. The third kappa shape index (κ3) is 3.31. The Morgan fingerprint density at radius 2 is 1.83 bits per heavy atom. The van der Waals surface area contributed by atoms with E-state index in [2.05, 4.69) is 0 Å². The maximum Gasteiger partial charge on any atom is 0.310 e. The summed E-state index contributed by atoms with van der Waals surface area (Å²) in [5.74, 6) is -1.47. The fraction of sp³-hybridized carbons (Fsp3) is 0.318. The molecule has 2 aromatic carbocycles. The second-order valence-corrected chi connectivity index (χ2v) is 9.27. The number of hydrogen-bond acceptors (Lipinski definition) is 6. The molecular formula is C22H21NO6S. The first-order chi connectivity index (χ1) is 14.3. The van der Waals surface area contributed by atoms with Crippen LogP contribution in [0.4, 0.5) is 0 Å². The molecule has 7 nitrogen and oxygen atoms in total. The Morgan fingerprint density at radius 1 is 1.10 bits per heavy atom. The molecule has 8 heteroatoms. The van der Waals surface area contributed by atoms with Gasteiger partial charge in [-0.05, 0) is 50.1 Å². The zero-order valence-corrected chi connectivity index (χ0v) is 17.3. The Hall–Kier alpha value is -3.00. The molecule has 0 N–H and O–H groups in total. The van der Waals surface area contributed by atoms with E-state index < -0.39 is 15.8 Å². The summed E-state index contributed by atoms with van der Waals surface area (Å²) in [5.41, 5.74) is 0.375. The zero-order valence-electron chi connectivity index (χ0n) is 16.5. The average molecular weight is 427 g/mol. The van der Waals surface area contributed by atoms with Crippen molar-refractivity contribution in [3.8, 4) is 0 Å². The maximum absolute atomic E-state index is 13.1. The fourth-order valence-electron chi connectivity index (χ4n) is 4.01. The van der Waals surface area contributed by atoms with Gasteiger partial charge in [0.2, 0.25) is 9.84 Å². The second-order valence-electron chi connectivity index (χ2n) is 7.38. The number of rotatable bonds is 3. The standard InChI is InChI=1S/C22H21NO6S/c1-2-29-22(26)15-6-5-11-23(13-15)21(25)14-9-10-17-19(12-14)30(27,28)18-8-4-3-7-16(18)20(17)24/h3-4,7-10,12,15H,2,5-6,11,13H2,1H3/t15-/m1/s1. The molecule has 2 aromatic rings. The van der Waals surface area contributed by atoms with Crippen LogP contribution < -0.4 is 0 Å². The summed E-state index contributed by atoms with van der Waals surface area (Å²) in [5, 5.41) is 0. The minimum Gasteiger partial charge on any atom is -0.466 e. The van der Waals surface area contributed by atoms with Crippen molar-refractivity contribution in [1.29, 1.82) is 0 Å². The molecule has 4 rings (SSSR count). The molecule has 0 spiro atoms. The van der Waals surface area contributed by atoms with Crippen molar-refractivity contribution < 1.29 is 27.5 Å². The van der Waals surface area contributed by atoms with Gasteiger partial charge < -0.3 is 9.64 Å². The monoisotopic (exact) mass is 427 g/mol. The molecule has 1 saturated heterocycles. The van der Waals surface area contributed by atoms with E-state index in [0.29, 0.717) is 19.4 Å². The van der Waals surface area contributed by atoms with Crippen LogP contribution in [-0.2, 0) is 19.4 Å². The van der Waals surface area contributed by atoms with Crippen molar-refractivity contribution in [3.63, 3.8) is 0 Å². The van der Waals surface area contributed by atoms with E-state index in [1.807, 2.05) is 0 Å². The van der Waals surface area contributed by atoms with Gasteiger partial charge in [0.1, 0.15) is 0 Å². The van der Waals surface area contributed by atoms with Crippen molar-refractivity contribution in [2.45, 2.75) is 29.6 Å². The number of esters is 1. The SMILES string of the molecule is CCOC(=O)[C@@H]1CCCN(C(=O)c2ccc3c(c2)S(=O)(=O)c2ccccc2C3=O)C1. The lowest BCUT2D eigenvalue weighted by atomic mass is 9.97. The number of nitrogens with zero attached hydrogens (tertiary/aromatic N) is 1. The number of ether oxygens (including phenoxy) is 1. The van der Waals surface area contributed by atoms with E-state index in [0.717, 1.165) is 0 Å². The van der Waals surface area contributed by atoms with Crippen LogP contribution in [0, 0.1) is 5.92 Å². The Kier molecular flexibility index (Phi) is 5.19. The van der Waals surface area contributed by atoms with Gasteiger partial charge in [0.05, 0.1) is 22.3 Å². The molecule has 1 amide bonds. The van der Waals surface area contributed by atoms with Crippen LogP contribution in [-0.4, -0.2) is 50.7 Å². The largest absolute Gasteiger partial charge is 0.466 e. The number of carbonyl (C=O) groups is 3. The number of fused-ring (bicyclic) bond motifs is 2. The molecule has 156 valence electrons. The van der Waals surface area contributed by atoms with Gasteiger partial charge in [-0.15, -0.1) is 0 Å². The molecule has 2 heterocycles. The van der Waals surface area contributed by atoms with Gasteiger partial charge >= 0.3 is 5.97 Å². The fourth-order valence-corrected chi connectivity index (χ4v) is 5.69. The number of carbonyl (C=O) groups excluding carboxylic acids is 3. The first kappa shape index (κ1) is 20.3. The average Bonchev–Trinajstić information content (AvgIpc) is 2.77. The number of piperidine rings is 1. The molecule has 0 bridgehead atoms. The minimum absolute atomic E-state index is 0.0487. The molecule has 2 aliphatic rings. The third-order valence-electron chi connectivity index (χ3n) is 5.51. The van der Waals surface area contributed by atoms with Crippen LogP contribution in [0.15, 0.2) is 52.3 Å². The van der Waals surface area contributed by atoms with Crippen LogP contribution in [0.25, 0.3) is 0 Å². The third-order valence-corrected chi connectivity index (χ3v) is 7.36. The lowest BCUT2D eigenvalue weighted by Gasteiger charge is -2.31. The van der Waals surface area contributed by atoms with Crippen LogP contribution in [0.3, 0.4) is 0 Å². The van der Waals surface area contributed by atoms with Crippen molar-refractivity contribution in [1.82, 2.24) is 4.90 Å². The van der Waals surface area contributed by atoms with Crippen molar-refractivity contribution >= 4 is 27.5 Å². The van der Waals surface area contributed by atoms with Gasteiger partial charge in [0.25, 0.3) is 5.91 Å². The molecular weight excluding hydrogens is 406 g/mol. The summed E-state index contributed by atoms with van der Waals surface area (Å²) in [7, 11) is -3.92. The number of likely N-dealkylation sites (tertiary alicyclic amines) is 1. The van der Waals surface area contributed by atoms with Gasteiger partial charge in [-0.1, -0.05) is 12.1 Å². The van der Waals surface area contributed by atoms with Crippen LogP contribution in [0.2, 0.25) is 0 Å². The van der Waals surface area contributed by atoms with E-state index in [-0.39, 0.29) is 57.3 Å². The van der Waals surface area contributed by atoms with Gasteiger partial charge in [0, 0.05) is 29.8 Å². The normalized spacial score (nSPS) is 19.6. The lowest BCUT2D eigenvalue weighted by Crippen LogP contribution is -2.42. The van der Waals surface area contributed by atoms with Crippen LogP contribution in [0.5, 0.6) is 0 Å². The van der Waals surface area contributed by atoms with Gasteiger partial charge in [-0.3, -0.25) is 14.4 Å². The van der Waals surface area contributed by atoms with Crippen molar-refractivity contribution in [3.05, 3.63) is 59.2 Å². The Bertz CT molecular complexity index is 1150. The summed E-state index contributed by atoms with van der Waals surface area (Å²) in [6.45, 7) is 2.71. The molecule has 1 fully saturated rings.